The van der Waals surface area contributed by atoms with Gasteiger partial charge in [0.05, 0.1) is 18.3 Å². The standard InChI is InChI=1S/C25H31F2N3O2/c1-18(2)17-30-22-15-24(31-12-6-11-29-9-4-3-5-10-29)25(13-19(22)16-28-30)32-23-8-7-20(26)14-21(23)27/h7-8,13-16,18H,3-6,9-12,17H2,1-2H3. The summed E-state index contributed by atoms with van der Waals surface area (Å²) >= 11 is 0. The number of fused-ring (bicyclic) bond motifs is 1. The monoisotopic (exact) mass is 443 g/mol. The maximum atomic E-state index is 14.2. The van der Waals surface area contributed by atoms with E-state index in [9.17, 15) is 8.78 Å². The van der Waals surface area contributed by atoms with Crippen LogP contribution in [-0.2, 0) is 6.54 Å². The van der Waals surface area contributed by atoms with Crippen LogP contribution in [0.1, 0.15) is 39.5 Å². The number of benzene rings is 2. The molecule has 1 saturated heterocycles. The number of hydrogen-bond donors (Lipinski definition) is 0. The second-order valence-corrected chi connectivity index (χ2v) is 8.86. The average molecular weight is 444 g/mol. The summed E-state index contributed by atoms with van der Waals surface area (Å²) in [5, 5.41) is 5.37. The number of hydrogen-bond acceptors (Lipinski definition) is 4. The largest absolute Gasteiger partial charge is 0.490 e. The summed E-state index contributed by atoms with van der Waals surface area (Å²) in [7, 11) is 0. The first-order chi connectivity index (χ1) is 15.5. The Bertz CT molecular complexity index is 1050. The summed E-state index contributed by atoms with van der Waals surface area (Å²) in [5.41, 5.74) is 0.941. The summed E-state index contributed by atoms with van der Waals surface area (Å²) in [6, 6.07) is 6.99. The van der Waals surface area contributed by atoms with E-state index in [0.717, 1.165) is 49.6 Å². The van der Waals surface area contributed by atoms with E-state index in [-0.39, 0.29) is 5.75 Å². The molecule has 3 aromatic rings. The fourth-order valence-corrected chi connectivity index (χ4v) is 4.10. The minimum atomic E-state index is -0.753. The Labute approximate surface area is 187 Å². The zero-order chi connectivity index (χ0) is 22.5. The molecule has 1 fully saturated rings. The molecule has 0 atom stereocenters. The van der Waals surface area contributed by atoms with Gasteiger partial charge in [0.25, 0.3) is 0 Å². The molecule has 0 amide bonds. The van der Waals surface area contributed by atoms with E-state index in [2.05, 4.69) is 23.8 Å². The van der Waals surface area contributed by atoms with Crippen LogP contribution < -0.4 is 9.47 Å². The van der Waals surface area contributed by atoms with Gasteiger partial charge >= 0.3 is 0 Å². The lowest BCUT2D eigenvalue weighted by atomic mass is 10.1. The molecule has 32 heavy (non-hydrogen) atoms. The first-order valence-electron chi connectivity index (χ1n) is 11.5. The zero-order valence-electron chi connectivity index (χ0n) is 18.8. The number of rotatable bonds is 9. The van der Waals surface area contributed by atoms with E-state index < -0.39 is 11.6 Å². The molecule has 1 aliphatic rings. The lowest BCUT2D eigenvalue weighted by Crippen LogP contribution is -2.31. The summed E-state index contributed by atoms with van der Waals surface area (Å²) in [6.07, 6.45) is 6.51. The highest BCUT2D eigenvalue weighted by molar-refractivity contribution is 5.83. The van der Waals surface area contributed by atoms with Crippen molar-refractivity contribution in [2.45, 2.75) is 46.1 Å². The molecule has 7 heteroatoms. The molecule has 2 heterocycles. The van der Waals surface area contributed by atoms with Gasteiger partial charge in [-0.2, -0.15) is 5.10 Å². The van der Waals surface area contributed by atoms with Crippen LogP contribution in [0, 0.1) is 17.6 Å². The molecule has 1 aromatic heterocycles. The van der Waals surface area contributed by atoms with E-state index in [1.165, 1.54) is 31.4 Å². The topological polar surface area (TPSA) is 39.5 Å². The van der Waals surface area contributed by atoms with E-state index in [1.807, 2.05) is 16.8 Å². The number of aromatic nitrogens is 2. The molecule has 5 nitrogen and oxygen atoms in total. The van der Waals surface area contributed by atoms with Crippen LogP contribution in [0.4, 0.5) is 8.78 Å². The van der Waals surface area contributed by atoms with Crippen LogP contribution in [0.3, 0.4) is 0 Å². The number of piperidine rings is 1. The van der Waals surface area contributed by atoms with E-state index in [0.29, 0.717) is 24.0 Å². The molecule has 0 aliphatic carbocycles. The molecule has 172 valence electrons. The highest BCUT2D eigenvalue weighted by Gasteiger charge is 2.16. The summed E-state index contributed by atoms with van der Waals surface area (Å²) in [5.74, 6) is -0.0729. The molecular formula is C25H31F2N3O2. The molecular weight excluding hydrogens is 412 g/mol. The van der Waals surface area contributed by atoms with Crippen LogP contribution in [0.5, 0.6) is 17.2 Å². The Hall–Kier alpha value is -2.67. The molecule has 0 saturated carbocycles. The SMILES string of the molecule is CC(C)Cn1ncc2cc(Oc3ccc(F)cc3F)c(OCCCN3CCCCC3)cc21. The van der Waals surface area contributed by atoms with Gasteiger partial charge in [-0.1, -0.05) is 20.3 Å². The van der Waals surface area contributed by atoms with Crippen LogP contribution in [0.25, 0.3) is 10.9 Å². The van der Waals surface area contributed by atoms with Crippen LogP contribution in [0.15, 0.2) is 36.5 Å². The van der Waals surface area contributed by atoms with Crippen molar-refractivity contribution in [3.05, 3.63) is 48.2 Å². The minimum Gasteiger partial charge on any atom is -0.490 e. The van der Waals surface area contributed by atoms with Gasteiger partial charge in [-0.05, 0) is 56.5 Å². The highest BCUT2D eigenvalue weighted by Crippen LogP contribution is 2.37. The molecule has 0 spiro atoms. The summed E-state index contributed by atoms with van der Waals surface area (Å²) in [6.45, 7) is 8.89. The zero-order valence-corrected chi connectivity index (χ0v) is 18.8. The van der Waals surface area contributed by atoms with Gasteiger partial charge < -0.3 is 14.4 Å². The van der Waals surface area contributed by atoms with Crippen LogP contribution >= 0.6 is 0 Å². The maximum Gasteiger partial charge on any atom is 0.170 e. The van der Waals surface area contributed by atoms with Crippen LogP contribution in [-0.4, -0.2) is 40.9 Å². The summed E-state index contributed by atoms with van der Waals surface area (Å²) in [4.78, 5) is 2.47. The molecule has 0 unspecified atom stereocenters. The Kier molecular flexibility index (Phi) is 7.25. The summed E-state index contributed by atoms with van der Waals surface area (Å²) < 4.78 is 41.4. The van der Waals surface area contributed by atoms with E-state index in [1.54, 1.807) is 6.20 Å². The van der Waals surface area contributed by atoms with Gasteiger partial charge in [0, 0.05) is 30.6 Å². The number of likely N-dealkylation sites (tertiary alicyclic amines) is 1. The van der Waals surface area contributed by atoms with Gasteiger partial charge in [0.15, 0.2) is 23.1 Å². The molecule has 4 rings (SSSR count). The first kappa shape index (κ1) is 22.5. The predicted octanol–water partition coefficient (Wildman–Crippen LogP) is 6.02. The van der Waals surface area contributed by atoms with Gasteiger partial charge in [-0.15, -0.1) is 0 Å². The van der Waals surface area contributed by atoms with E-state index >= 15 is 0 Å². The molecule has 2 aromatic carbocycles. The van der Waals surface area contributed by atoms with Crippen molar-refractivity contribution in [1.29, 1.82) is 0 Å². The number of nitrogens with zero attached hydrogens (tertiary/aromatic N) is 3. The average Bonchev–Trinajstić information content (AvgIpc) is 3.14. The van der Waals surface area contributed by atoms with Crippen molar-refractivity contribution in [1.82, 2.24) is 14.7 Å². The third-order valence-electron chi connectivity index (χ3n) is 5.68. The lowest BCUT2D eigenvalue weighted by Gasteiger charge is -2.26. The first-order valence-corrected chi connectivity index (χ1v) is 11.5. The Morgan fingerprint density at radius 1 is 1.00 bits per heavy atom. The lowest BCUT2D eigenvalue weighted by molar-refractivity contribution is 0.203. The van der Waals surface area contributed by atoms with E-state index in [4.69, 9.17) is 9.47 Å². The van der Waals surface area contributed by atoms with Crippen molar-refractivity contribution in [3.8, 4) is 17.2 Å². The van der Waals surface area contributed by atoms with Crippen LogP contribution in [0.2, 0.25) is 0 Å². The van der Waals surface area contributed by atoms with Crippen molar-refractivity contribution >= 4 is 10.9 Å². The van der Waals surface area contributed by atoms with Crippen molar-refractivity contribution in [2.24, 2.45) is 5.92 Å². The van der Waals surface area contributed by atoms with Crippen molar-refractivity contribution in [3.63, 3.8) is 0 Å². The highest BCUT2D eigenvalue weighted by atomic mass is 19.1. The number of halogens is 2. The van der Waals surface area contributed by atoms with Gasteiger partial charge in [0.1, 0.15) is 5.82 Å². The quantitative estimate of drug-likeness (QED) is 0.379. The normalized spacial score (nSPS) is 14.9. The maximum absolute atomic E-state index is 14.2. The van der Waals surface area contributed by atoms with Crippen molar-refractivity contribution in [2.75, 3.05) is 26.2 Å². The second-order valence-electron chi connectivity index (χ2n) is 8.86. The fraction of sp³-hybridized carbons (Fsp3) is 0.480. The van der Waals surface area contributed by atoms with Gasteiger partial charge in [-0.3, -0.25) is 4.68 Å². The molecule has 0 bridgehead atoms. The van der Waals surface area contributed by atoms with Gasteiger partial charge in [-0.25, -0.2) is 8.78 Å². The van der Waals surface area contributed by atoms with Gasteiger partial charge in [0.2, 0.25) is 0 Å². The third-order valence-corrected chi connectivity index (χ3v) is 5.68. The Morgan fingerprint density at radius 3 is 2.56 bits per heavy atom. The smallest absolute Gasteiger partial charge is 0.170 e. The predicted molar refractivity (Wildman–Crippen MR) is 121 cm³/mol. The molecule has 0 radical (unpaired) electrons. The number of ether oxygens (including phenoxy) is 2. The minimum absolute atomic E-state index is 0.0431. The third kappa shape index (κ3) is 5.57. The Morgan fingerprint density at radius 2 is 1.81 bits per heavy atom. The van der Waals surface area contributed by atoms with Crippen molar-refractivity contribution < 1.29 is 18.3 Å². The molecule has 1 aliphatic heterocycles. The second kappa shape index (κ2) is 10.3. The molecule has 0 N–H and O–H groups in total. The Balaban J connectivity index is 1.55. The fourth-order valence-electron chi connectivity index (χ4n) is 4.10.